The maximum Gasteiger partial charge on any atom is 0.251 e. The SMILES string of the molecule is CCc1ccccc1-c1cc2nccc(-c3cccc(C(=O)N[C@@H]4CCCC[C@@H]4N)c3)c2o1. The first-order chi connectivity index (χ1) is 16.1. The minimum Gasteiger partial charge on any atom is -0.454 e. The van der Waals surface area contributed by atoms with Crippen LogP contribution in [0.15, 0.2) is 71.3 Å². The normalized spacial score (nSPS) is 18.4. The molecule has 5 heteroatoms. The van der Waals surface area contributed by atoms with Crippen LogP contribution in [-0.4, -0.2) is 23.0 Å². The van der Waals surface area contributed by atoms with Gasteiger partial charge in [0.2, 0.25) is 0 Å². The monoisotopic (exact) mass is 439 g/mol. The second-order valence-corrected chi connectivity index (χ2v) is 8.80. The first-order valence-electron chi connectivity index (χ1n) is 11.8. The van der Waals surface area contributed by atoms with Gasteiger partial charge in [0.15, 0.2) is 5.58 Å². The van der Waals surface area contributed by atoms with Crippen LogP contribution in [-0.2, 0) is 6.42 Å². The molecule has 0 spiro atoms. The first-order valence-corrected chi connectivity index (χ1v) is 11.8. The fraction of sp³-hybridized carbons (Fsp3) is 0.286. The highest BCUT2D eigenvalue weighted by Gasteiger charge is 2.24. The molecule has 168 valence electrons. The molecule has 5 rings (SSSR count). The van der Waals surface area contributed by atoms with E-state index in [1.54, 1.807) is 6.20 Å². The predicted octanol–water partition coefficient (Wildman–Crippen LogP) is 5.72. The molecule has 2 aromatic carbocycles. The third-order valence-corrected chi connectivity index (χ3v) is 6.65. The molecule has 0 aliphatic heterocycles. The van der Waals surface area contributed by atoms with Gasteiger partial charge in [-0.25, -0.2) is 0 Å². The van der Waals surface area contributed by atoms with Crippen LogP contribution in [0.3, 0.4) is 0 Å². The Morgan fingerprint density at radius 2 is 1.91 bits per heavy atom. The molecule has 2 aromatic heterocycles. The molecule has 0 bridgehead atoms. The summed E-state index contributed by atoms with van der Waals surface area (Å²) in [6.45, 7) is 2.14. The van der Waals surface area contributed by atoms with Crippen molar-refractivity contribution in [2.75, 3.05) is 0 Å². The number of pyridine rings is 1. The Bertz CT molecular complexity index is 1290. The van der Waals surface area contributed by atoms with Gasteiger partial charge in [0, 0.05) is 41.0 Å². The zero-order chi connectivity index (χ0) is 22.8. The molecule has 4 aromatic rings. The summed E-state index contributed by atoms with van der Waals surface area (Å²) in [5.41, 5.74) is 12.5. The largest absolute Gasteiger partial charge is 0.454 e. The number of aryl methyl sites for hydroxylation is 1. The van der Waals surface area contributed by atoms with Crippen LogP contribution in [0.2, 0.25) is 0 Å². The number of nitrogens with zero attached hydrogens (tertiary/aromatic N) is 1. The highest BCUT2D eigenvalue weighted by molar-refractivity contribution is 5.98. The van der Waals surface area contributed by atoms with Crippen molar-refractivity contribution in [2.24, 2.45) is 5.73 Å². The molecule has 33 heavy (non-hydrogen) atoms. The molecule has 0 radical (unpaired) electrons. The third-order valence-electron chi connectivity index (χ3n) is 6.65. The van der Waals surface area contributed by atoms with E-state index in [1.165, 1.54) is 5.56 Å². The number of carbonyl (C=O) groups is 1. The zero-order valence-electron chi connectivity index (χ0n) is 18.9. The van der Waals surface area contributed by atoms with Crippen LogP contribution in [0.1, 0.15) is 48.5 Å². The van der Waals surface area contributed by atoms with Crippen LogP contribution in [0.4, 0.5) is 0 Å². The molecule has 1 saturated carbocycles. The first kappa shape index (κ1) is 21.4. The topological polar surface area (TPSA) is 81.2 Å². The lowest BCUT2D eigenvalue weighted by atomic mass is 9.91. The minimum absolute atomic E-state index is 0.0262. The summed E-state index contributed by atoms with van der Waals surface area (Å²) < 4.78 is 6.34. The average Bonchev–Trinajstić information content (AvgIpc) is 3.30. The van der Waals surface area contributed by atoms with Gasteiger partial charge in [-0.2, -0.15) is 0 Å². The van der Waals surface area contributed by atoms with E-state index >= 15 is 0 Å². The number of furan rings is 1. The molecule has 5 nitrogen and oxygen atoms in total. The molecule has 2 heterocycles. The second-order valence-electron chi connectivity index (χ2n) is 8.80. The van der Waals surface area contributed by atoms with Gasteiger partial charge in [-0.1, -0.05) is 56.2 Å². The van der Waals surface area contributed by atoms with Crippen molar-refractivity contribution in [3.63, 3.8) is 0 Å². The average molecular weight is 440 g/mol. The van der Waals surface area contributed by atoms with Crippen LogP contribution < -0.4 is 11.1 Å². The Morgan fingerprint density at radius 3 is 2.76 bits per heavy atom. The Morgan fingerprint density at radius 1 is 1.06 bits per heavy atom. The maximum atomic E-state index is 13.0. The maximum absolute atomic E-state index is 13.0. The molecule has 1 aliphatic rings. The van der Waals surface area contributed by atoms with Crippen LogP contribution >= 0.6 is 0 Å². The van der Waals surface area contributed by atoms with E-state index in [-0.39, 0.29) is 18.0 Å². The van der Waals surface area contributed by atoms with Gasteiger partial charge in [0.25, 0.3) is 5.91 Å². The summed E-state index contributed by atoms with van der Waals surface area (Å²) in [6, 6.07) is 19.9. The summed E-state index contributed by atoms with van der Waals surface area (Å²) in [5.74, 6) is 0.726. The lowest BCUT2D eigenvalue weighted by Crippen LogP contribution is -2.49. The number of carbonyl (C=O) groups excluding carboxylic acids is 1. The van der Waals surface area contributed by atoms with Gasteiger partial charge in [-0.15, -0.1) is 0 Å². The van der Waals surface area contributed by atoms with Crippen molar-refractivity contribution < 1.29 is 9.21 Å². The predicted molar refractivity (Wildman–Crippen MR) is 132 cm³/mol. The molecular weight excluding hydrogens is 410 g/mol. The number of hydrogen-bond acceptors (Lipinski definition) is 4. The number of fused-ring (bicyclic) bond motifs is 1. The van der Waals surface area contributed by atoms with Gasteiger partial charge in [-0.3, -0.25) is 9.78 Å². The quantitative estimate of drug-likeness (QED) is 0.416. The summed E-state index contributed by atoms with van der Waals surface area (Å²) in [7, 11) is 0. The van der Waals surface area contributed by atoms with Gasteiger partial charge < -0.3 is 15.5 Å². The van der Waals surface area contributed by atoms with Crippen LogP contribution in [0.5, 0.6) is 0 Å². The summed E-state index contributed by atoms with van der Waals surface area (Å²) >= 11 is 0. The molecule has 0 unspecified atom stereocenters. The van der Waals surface area contributed by atoms with Crippen molar-refractivity contribution in [3.05, 3.63) is 78.0 Å². The number of nitrogens with two attached hydrogens (primary N) is 1. The zero-order valence-corrected chi connectivity index (χ0v) is 18.9. The van der Waals surface area contributed by atoms with Gasteiger partial charge in [-0.05, 0) is 48.6 Å². The van der Waals surface area contributed by atoms with Crippen LogP contribution in [0, 0.1) is 0 Å². The van der Waals surface area contributed by atoms with Crippen LogP contribution in [0.25, 0.3) is 33.6 Å². The van der Waals surface area contributed by atoms with Crippen molar-refractivity contribution in [1.29, 1.82) is 0 Å². The van der Waals surface area contributed by atoms with E-state index in [9.17, 15) is 4.79 Å². The van der Waals surface area contributed by atoms with Crippen molar-refractivity contribution in [2.45, 2.75) is 51.1 Å². The van der Waals surface area contributed by atoms with E-state index < -0.39 is 0 Å². The molecule has 1 fully saturated rings. The van der Waals surface area contributed by atoms with E-state index in [4.69, 9.17) is 10.2 Å². The van der Waals surface area contributed by atoms with E-state index in [1.807, 2.05) is 48.5 Å². The summed E-state index contributed by atoms with van der Waals surface area (Å²) in [6.07, 6.45) is 6.85. The number of rotatable bonds is 5. The van der Waals surface area contributed by atoms with E-state index in [0.717, 1.165) is 65.7 Å². The van der Waals surface area contributed by atoms with Crippen molar-refractivity contribution >= 4 is 17.0 Å². The molecular formula is C28H29N3O2. The van der Waals surface area contributed by atoms with Gasteiger partial charge in [0.1, 0.15) is 11.3 Å². The molecule has 1 amide bonds. The smallest absolute Gasteiger partial charge is 0.251 e. The third kappa shape index (κ3) is 4.29. The Kier molecular flexibility index (Phi) is 5.97. The number of hydrogen-bond donors (Lipinski definition) is 2. The molecule has 2 atom stereocenters. The number of aromatic nitrogens is 1. The fourth-order valence-corrected chi connectivity index (χ4v) is 4.79. The molecule has 1 aliphatic carbocycles. The molecule has 3 N–H and O–H groups in total. The molecule has 0 saturated heterocycles. The number of amides is 1. The lowest BCUT2D eigenvalue weighted by Gasteiger charge is -2.29. The minimum atomic E-state index is -0.0819. The van der Waals surface area contributed by atoms with Gasteiger partial charge >= 0.3 is 0 Å². The number of nitrogens with one attached hydrogen (secondary N) is 1. The fourth-order valence-electron chi connectivity index (χ4n) is 4.79. The van der Waals surface area contributed by atoms with Crippen molar-refractivity contribution in [3.8, 4) is 22.5 Å². The summed E-state index contributed by atoms with van der Waals surface area (Å²) in [4.78, 5) is 17.5. The van der Waals surface area contributed by atoms with Gasteiger partial charge in [0.05, 0.1) is 0 Å². The highest BCUT2D eigenvalue weighted by Crippen LogP contribution is 2.35. The lowest BCUT2D eigenvalue weighted by molar-refractivity contribution is 0.0921. The van der Waals surface area contributed by atoms with E-state index in [0.29, 0.717) is 5.56 Å². The number of benzene rings is 2. The Hall–Kier alpha value is -3.44. The van der Waals surface area contributed by atoms with Crippen molar-refractivity contribution in [1.82, 2.24) is 10.3 Å². The Labute approximate surface area is 194 Å². The Balaban J connectivity index is 1.48. The highest BCUT2D eigenvalue weighted by atomic mass is 16.3. The standard InChI is InChI=1S/C28H29N3O2/c1-2-18-8-3-4-11-21(18)26-17-25-27(33-26)22(14-15-30-25)19-9-7-10-20(16-19)28(32)31-24-13-6-5-12-23(24)29/h3-4,7-11,14-17,23-24H,2,5-6,12-13,29H2,1H3,(H,31,32)/t23-,24+/m0/s1. The second kappa shape index (κ2) is 9.20. The summed E-state index contributed by atoms with van der Waals surface area (Å²) in [5, 5.41) is 3.14. The van der Waals surface area contributed by atoms with E-state index in [2.05, 4.69) is 29.4 Å².